The normalized spacial score (nSPS) is 12.7. The molecule has 88 valence electrons. The van der Waals surface area contributed by atoms with E-state index in [9.17, 15) is 0 Å². The molecule has 0 bridgehead atoms. The molecule has 2 rings (SSSR count). The lowest BCUT2D eigenvalue weighted by atomic mass is 10.1. The lowest BCUT2D eigenvalue weighted by Crippen LogP contribution is -1.94. The van der Waals surface area contributed by atoms with E-state index in [0.29, 0.717) is 0 Å². The van der Waals surface area contributed by atoms with Crippen molar-refractivity contribution in [1.82, 2.24) is 9.55 Å². The Bertz CT molecular complexity index is 578. The van der Waals surface area contributed by atoms with Crippen LogP contribution < -0.4 is 5.73 Å². The lowest BCUT2D eigenvalue weighted by Gasteiger charge is -2.03. The van der Waals surface area contributed by atoms with Crippen molar-refractivity contribution in [2.45, 2.75) is 13.5 Å². The van der Waals surface area contributed by atoms with Crippen LogP contribution in [0.4, 0.5) is 0 Å². The van der Waals surface area contributed by atoms with E-state index in [1.54, 1.807) is 19.5 Å². The number of nitrogens with zero attached hydrogens (tertiary/aromatic N) is 3. The number of hydrogen-bond donors (Lipinski definition) is 1. The largest absolute Gasteiger partial charge is 0.404 e. The van der Waals surface area contributed by atoms with Gasteiger partial charge in [0.2, 0.25) is 0 Å². The molecular formula is C13H16N4. The van der Waals surface area contributed by atoms with Crippen molar-refractivity contribution in [3.05, 3.63) is 36.3 Å². The number of fused-ring (bicyclic) bond motifs is 1. The first-order valence-electron chi connectivity index (χ1n) is 5.59. The molecule has 0 saturated heterocycles. The first kappa shape index (κ1) is 11.4. The number of nitrogens with two attached hydrogens (primary N) is 1. The van der Waals surface area contributed by atoms with Crippen LogP contribution in [0.3, 0.4) is 0 Å². The Morgan fingerprint density at radius 1 is 1.53 bits per heavy atom. The fourth-order valence-corrected chi connectivity index (χ4v) is 1.84. The topological polar surface area (TPSA) is 56.2 Å². The van der Waals surface area contributed by atoms with Crippen LogP contribution in [0.15, 0.2) is 35.7 Å². The zero-order valence-corrected chi connectivity index (χ0v) is 10.1. The van der Waals surface area contributed by atoms with Crippen molar-refractivity contribution < 1.29 is 0 Å². The second-order valence-electron chi connectivity index (χ2n) is 3.74. The molecule has 17 heavy (non-hydrogen) atoms. The number of allylic oxidation sites excluding steroid dienone is 1. The third kappa shape index (κ3) is 2.06. The minimum atomic E-state index is 0.906. The zero-order chi connectivity index (χ0) is 12.3. The van der Waals surface area contributed by atoms with Gasteiger partial charge in [0.1, 0.15) is 0 Å². The van der Waals surface area contributed by atoms with Crippen LogP contribution in [-0.2, 0) is 6.54 Å². The maximum absolute atomic E-state index is 5.61. The highest BCUT2D eigenvalue weighted by molar-refractivity contribution is 6.10. The van der Waals surface area contributed by atoms with Gasteiger partial charge in [0.15, 0.2) is 0 Å². The fourth-order valence-electron chi connectivity index (χ4n) is 1.84. The second kappa shape index (κ2) is 4.82. The van der Waals surface area contributed by atoms with Crippen LogP contribution in [0.5, 0.6) is 0 Å². The van der Waals surface area contributed by atoms with Gasteiger partial charge in [-0.1, -0.05) is 6.07 Å². The summed E-state index contributed by atoms with van der Waals surface area (Å²) >= 11 is 0. The Hall–Kier alpha value is -2.10. The Morgan fingerprint density at radius 3 is 3.00 bits per heavy atom. The summed E-state index contributed by atoms with van der Waals surface area (Å²) in [5.41, 5.74) is 9.70. The monoisotopic (exact) mass is 228 g/mol. The van der Waals surface area contributed by atoms with Gasteiger partial charge >= 0.3 is 0 Å². The van der Waals surface area contributed by atoms with Crippen molar-refractivity contribution >= 4 is 22.8 Å². The number of benzene rings is 1. The van der Waals surface area contributed by atoms with Crippen molar-refractivity contribution in [3.8, 4) is 0 Å². The van der Waals surface area contributed by atoms with Crippen LogP contribution in [0.25, 0.3) is 16.6 Å². The molecule has 0 fully saturated rings. The number of aromatic nitrogens is 2. The maximum Gasteiger partial charge on any atom is 0.0958 e. The van der Waals surface area contributed by atoms with Crippen LogP contribution >= 0.6 is 0 Å². The Kier molecular flexibility index (Phi) is 3.23. The molecule has 2 aromatic rings. The van der Waals surface area contributed by atoms with E-state index in [2.05, 4.69) is 27.5 Å². The van der Waals surface area contributed by atoms with E-state index in [0.717, 1.165) is 28.7 Å². The molecule has 0 saturated carbocycles. The summed E-state index contributed by atoms with van der Waals surface area (Å²) in [5, 5.41) is 0. The third-order valence-corrected chi connectivity index (χ3v) is 2.74. The standard InChI is InChI=1S/C13H16N4/c1-3-17-9-16-12-5-4-10(6-13(12)17)11(7-14)8-15-2/h4-9H,3,14H2,1-2H3. The Morgan fingerprint density at radius 2 is 2.35 bits per heavy atom. The summed E-state index contributed by atoms with van der Waals surface area (Å²) in [6.07, 6.45) is 5.18. The maximum atomic E-state index is 5.61. The number of aliphatic imine (C=N–C) groups is 1. The molecule has 0 radical (unpaired) electrons. The van der Waals surface area contributed by atoms with Gasteiger partial charge in [-0.2, -0.15) is 0 Å². The first-order chi connectivity index (χ1) is 8.30. The highest BCUT2D eigenvalue weighted by Crippen LogP contribution is 2.19. The van der Waals surface area contributed by atoms with E-state index in [1.165, 1.54) is 0 Å². The lowest BCUT2D eigenvalue weighted by molar-refractivity contribution is 0.787. The Labute approximate surface area is 100 Å². The number of imidazole rings is 1. The molecule has 0 aliphatic rings. The quantitative estimate of drug-likeness (QED) is 0.817. The molecular weight excluding hydrogens is 212 g/mol. The van der Waals surface area contributed by atoms with Crippen LogP contribution in [0, 0.1) is 0 Å². The van der Waals surface area contributed by atoms with E-state index in [4.69, 9.17) is 5.73 Å². The van der Waals surface area contributed by atoms with E-state index < -0.39 is 0 Å². The summed E-state index contributed by atoms with van der Waals surface area (Å²) in [7, 11) is 1.73. The molecule has 0 spiro atoms. The smallest absolute Gasteiger partial charge is 0.0958 e. The highest BCUT2D eigenvalue weighted by Gasteiger charge is 2.04. The van der Waals surface area contributed by atoms with Gasteiger partial charge in [0.25, 0.3) is 0 Å². The molecule has 1 aromatic carbocycles. The summed E-state index contributed by atoms with van der Waals surface area (Å²) < 4.78 is 2.11. The summed E-state index contributed by atoms with van der Waals surface area (Å²) in [5.74, 6) is 0. The van der Waals surface area contributed by atoms with E-state index in [-0.39, 0.29) is 0 Å². The van der Waals surface area contributed by atoms with Gasteiger partial charge in [-0.15, -0.1) is 0 Å². The molecule has 1 heterocycles. The van der Waals surface area contributed by atoms with E-state index in [1.807, 2.05) is 18.5 Å². The van der Waals surface area contributed by atoms with Crippen molar-refractivity contribution in [2.75, 3.05) is 7.05 Å². The average molecular weight is 228 g/mol. The average Bonchev–Trinajstić information content (AvgIpc) is 2.77. The summed E-state index contributed by atoms with van der Waals surface area (Å²) in [6.45, 7) is 3.00. The van der Waals surface area contributed by atoms with Crippen molar-refractivity contribution in [1.29, 1.82) is 0 Å². The van der Waals surface area contributed by atoms with Gasteiger partial charge in [-0.3, -0.25) is 4.99 Å². The fraction of sp³-hybridized carbons (Fsp3) is 0.231. The zero-order valence-electron chi connectivity index (χ0n) is 10.1. The van der Waals surface area contributed by atoms with Gasteiger partial charge in [-0.05, 0) is 24.6 Å². The van der Waals surface area contributed by atoms with Gasteiger partial charge in [-0.25, -0.2) is 4.98 Å². The molecule has 4 nitrogen and oxygen atoms in total. The van der Waals surface area contributed by atoms with Crippen LogP contribution in [-0.4, -0.2) is 22.8 Å². The molecule has 4 heteroatoms. The summed E-state index contributed by atoms with van der Waals surface area (Å²) in [4.78, 5) is 8.34. The molecule has 1 aromatic heterocycles. The van der Waals surface area contributed by atoms with Crippen molar-refractivity contribution in [2.24, 2.45) is 10.7 Å². The minimum Gasteiger partial charge on any atom is -0.404 e. The van der Waals surface area contributed by atoms with Gasteiger partial charge in [0, 0.05) is 31.6 Å². The molecule has 0 amide bonds. The minimum absolute atomic E-state index is 0.906. The number of aryl methyl sites for hydroxylation is 1. The predicted molar refractivity (Wildman–Crippen MR) is 72.0 cm³/mol. The number of rotatable bonds is 3. The molecule has 2 N–H and O–H groups in total. The first-order valence-corrected chi connectivity index (χ1v) is 5.59. The third-order valence-electron chi connectivity index (χ3n) is 2.74. The SMILES string of the molecule is CCn1cnc2ccc(C(C=NC)=CN)cc21. The highest BCUT2D eigenvalue weighted by atomic mass is 15.0. The van der Waals surface area contributed by atoms with Crippen LogP contribution in [0.2, 0.25) is 0 Å². The molecule has 0 unspecified atom stereocenters. The second-order valence-corrected chi connectivity index (χ2v) is 3.74. The molecule has 0 atom stereocenters. The van der Waals surface area contributed by atoms with Crippen LogP contribution in [0.1, 0.15) is 12.5 Å². The number of hydrogen-bond acceptors (Lipinski definition) is 3. The van der Waals surface area contributed by atoms with Gasteiger partial charge < -0.3 is 10.3 Å². The predicted octanol–water partition coefficient (Wildman–Crippen LogP) is 2.06. The van der Waals surface area contributed by atoms with Crippen molar-refractivity contribution in [3.63, 3.8) is 0 Å². The Balaban J connectivity index is 2.56. The molecule has 0 aliphatic heterocycles. The summed E-state index contributed by atoms with van der Waals surface area (Å²) in [6, 6.07) is 6.10. The van der Waals surface area contributed by atoms with Gasteiger partial charge in [0.05, 0.1) is 17.4 Å². The van der Waals surface area contributed by atoms with E-state index >= 15 is 0 Å². The molecule has 0 aliphatic carbocycles.